The summed E-state index contributed by atoms with van der Waals surface area (Å²) in [6, 6.07) is 3.93. The van der Waals surface area contributed by atoms with Crippen molar-refractivity contribution >= 4 is 17.0 Å². The number of carbonyl (C=O) groups excluding carboxylic acids is 1. The molecule has 0 aliphatic rings. The number of H-pyrrole nitrogens is 1. The fraction of sp³-hybridized carbons (Fsp3) is 0.385. The van der Waals surface area contributed by atoms with Crippen LogP contribution in [0.4, 0.5) is 0 Å². The van der Waals surface area contributed by atoms with Gasteiger partial charge in [0.05, 0.1) is 7.11 Å². The predicted octanol–water partition coefficient (Wildman–Crippen LogP) is 2.65. The first kappa shape index (κ1) is 11.6. The third-order valence-electron chi connectivity index (χ3n) is 2.72. The van der Waals surface area contributed by atoms with E-state index in [0.717, 1.165) is 10.9 Å². The molecule has 0 saturated carbocycles. The Balaban J connectivity index is 2.72. The lowest BCUT2D eigenvalue weighted by atomic mass is 9.85. The van der Waals surface area contributed by atoms with Crippen molar-refractivity contribution in [3.8, 4) is 0 Å². The van der Waals surface area contributed by atoms with Crippen molar-refractivity contribution in [1.82, 2.24) is 9.97 Å². The topological polar surface area (TPSA) is 55.0 Å². The van der Waals surface area contributed by atoms with E-state index in [1.54, 1.807) is 0 Å². The van der Waals surface area contributed by atoms with E-state index in [4.69, 9.17) is 4.74 Å². The van der Waals surface area contributed by atoms with Gasteiger partial charge in [-0.25, -0.2) is 9.78 Å². The van der Waals surface area contributed by atoms with Crippen LogP contribution in [0.3, 0.4) is 0 Å². The quantitative estimate of drug-likeness (QED) is 0.769. The highest BCUT2D eigenvalue weighted by Crippen LogP contribution is 2.28. The first-order chi connectivity index (χ1) is 7.93. The lowest BCUT2D eigenvalue weighted by molar-refractivity contribution is 0.0591. The largest absolute Gasteiger partial charge is 0.464 e. The van der Waals surface area contributed by atoms with E-state index in [1.165, 1.54) is 7.11 Å². The Labute approximate surface area is 100 Å². The van der Waals surface area contributed by atoms with E-state index in [2.05, 4.69) is 30.7 Å². The van der Waals surface area contributed by atoms with Crippen LogP contribution in [0.15, 0.2) is 18.3 Å². The van der Waals surface area contributed by atoms with Crippen LogP contribution in [0, 0.1) is 0 Å². The van der Waals surface area contributed by atoms with Crippen LogP contribution in [-0.2, 0) is 10.2 Å². The van der Waals surface area contributed by atoms with Gasteiger partial charge in [0.15, 0.2) is 5.69 Å². The second-order valence-corrected chi connectivity index (χ2v) is 5.04. The Morgan fingerprint density at radius 2 is 2.12 bits per heavy atom. The van der Waals surface area contributed by atoms with Crippen LogP contribution in [0.2, 0.25) is 0 Å². The summed E-state index contributed by atoms with van der Waals surface area (Å²) < 4.78 is 4.78. The summed E-state index contributed by atoms with van der Waals surface area (Å²) in [5.41, 5.74) is 1.84. The molecule has 0 radical (unpaired) electrons. The molecule has 0 aliphatic carbocycles. The van der Waals surface area contributed by atoms with Gasteiger partial charge in [0.25, 0.3) is 0 Å². The summed E-state index contributed by atoms with van der Waals surface area (Å²) >= 11 is 0. The van der Waals surface area contributed by atoms with E-state index in [1.807, 2.05) is 18.3 Å². The minimum Gasteiger partial charge on any atom is -0.464 e. The molecule has 90 valence electrons. The lowest BCUT2D eigenvalue weighted by Crippen LogP contribution is -2.19. The van der Waals surface area contributed by atoms with Gasteiger partial charge in [-0.15, -0.1) is 0 Å². The van der Waals surface area contributed by atoms with Crippen molar-refractivity contribution < 1.29 is 9.53 Å². The van der Waals surface area contributed by atoms with Crippen LogP contribution in [0.1, 0.15) is 36.8 Å². The highest BCUT2D eigenvalue weighted by molar-refractivity contribution is 5.92. The van der Waals surface area contributed by atoms with Gasteiger partial charge in [0.2, 0.25) is 0 Å². The minimum absolute atomic E-state index is 0.151. The number of hydrogen-bond acceptors (Lipinski definition) is 3. The Kier molecular flexibility index (Phi) is 2.65. The summed E-state index contributed by atoms with van der Waals surface area (Å²) in [6.07, 6.45) is 1.81. The summed E-state index contributed by atoms with van der Waals surface area (Å²) in [7, 11) is 1.37. The van der Waals surface area contributed by atoms with Crippen molar-refractivity contribution in [2.45, 2.75) is 26.2 Å². The average molecular weight is 232 g/mol. The monoisotopic (exact) mass is 232 g/mol. The lowest BCUT2D eigenvalue weighted by Gasteiger charge is -2.21. The summed E-state index contributed by atoms with van der Waals surface area (Å²) in [5.74, 6) is -0.397. The van der Waals surface area contributed by atoms with E-state index in [9.17, 15) is 4.79 Å². The third kappa shape index (κ3) is 2.02. The maximum Gasteiger partial charge on any atom is 0.357 e. The van der Waals surface area contributed by atoms with Crippen molar-refractivity contribution in [3.63, 3.8) is 0 Å². The minimum atomic E-state index is -0.397. The number of nitrogens with one attached hydrogen (secondary N) is 1. The smallest absolute Gasteiger partial charge is 0.357 e. The van der Waals surface area contributed by atoms with Crippen molar-refractivity contribution in [2.75, 3.05) is 7.11 Å². The molecule has 0 aliphatic heterocycles. The molecule has 0 spiro atoms. The molecular weight excluding hydrogens is 216 g/mol. The zero-order valence-electron chi connectivity index (χ0n) is 10.5. The fourth-order valence-electron chi connectivity index (χ4n) is 1.81. The molecule has 2 heterocycles. The average Bonchev–Trinajstić information content (AvgIpc) is 2.72. The molecule has 1 N–H and O–H groups in total. The summed E-state index contributed by atoms with van der Waals surface area (Å²) in [6.45, 7) is 6.15. The third-order valence-corrected chi connectivity index (χ3v) is 2.72. The molecule has 0 saturated heterocycles. The Morgan fingerprint density at radius 1 is 1.41 bits per heavy atom. The normalized spacial score (nSPS) is 11.8. The zero-order chi connectivity index (χ0) is 12.6. The molecule has 0 atom stereocenters. The van der Waals surface area contributed by atoms with Gasteiger partial charge in [-0.05, 0) is 23.1 Å². The molecular formula is C13H16N2O2. The van der Waals surface area contributed by atoms with Crippen molar-refractivity contribution in [1.29, 1.82) is 0 Å². The van der Waals surface area contributed by atoms with Crippen LogP contribution >= 0.6 is 0 Å². The second-order valence-electron chi connectivity index (χ2n) is 5.04. The van der Waals surface area contributed by atoms with Crippen LogP contribution < -0.4 is 0 Å². The second kappa shape index (κ2) is 3.87. The Morgan fingerprint density at radius 3 is 2.71 bits per heavy atom. The van der Waals surface area contributed by atoms with E-state index in [-0.39, 0.29) is 5.41 Å². The number of fused-ring (bicyclic) bond motifs is 1. The number of methoxy groups -OCH3 is 1. The Hall–Kier alpha value is -1.84. The van der Waals surface area contributed by atoms with Crippen LogP contribution in [0.25, 0.3) is 11.0 Å². The number of esters is 1. The zero-order valence-corrected chi connectivity index (χ0v) is 10.5. The molecule has 2 rings (SSSR count). The standard InChI is InChI=1S/C13H16N2O2/c1-13(2,3)9-7-8-5-6-14-11(8)15-10(9)12(16)17-4/h5-7H,1-4H3,(H,14,15). The molecule has 2 aromatic rings. The number of pyridine rings is 1. The number of ether oxygens (including phenoxy) is 1. The number of rotatable bonds is 1. The van der Waals surface area contributed by atoms with Gasteiger partial charge < -0.3 is 9.72 Å². The van der Waals surface area contributed by atoms with E-state index < -0.39 is 5.97 Å². The maximum atomic E-state index is 11.7. The summed E-state index contributed by atoms with van der Waals surface area (Å²) in [5, 5.41) is 1.00. The number of nitrogens with zero attached hydrogens (tertiary/aromatic N) is 1. The predicted molar refractivity (Wildman–Crippen MR) is 66.1 cm³/mol. The molecule has 4 nitrogen and oxygen atoms in total. The van der Waals surface area contributed by atoms with Crippen LogP contribution in [-0.4, -0.2) is 23.0 Å². The van der Waals surface area contributed by atoms with Crippen molar-refractivity contribution in [2.24, 2.45) is 0 Å². The number of carbonyl (C=O) groups is 1. The van der Waals surface area contributed by atoms with Crippen molar-refractivity contribution in [3.05, 3.63) is 29.6 Å². The summed E-state index contributed by atoms with van der Waals surface area (Å²) in [4.78, 5) is 19.1. The van der Waals surface area contributed by atoms with E-state index in [0.29, 0.717) is 11.3 Å². The molecule has 0 amide bonds. The molecule has 0 fully saturated rings. The van der Waals surface area contributed by atoms with Gasteiger partial charge >= 0.3 is 5.97 Å². The highest BCUT2D eigenvalue weighted by Gasteiger charge is 2.24. The highest BCUT2D eigenvalue weighted by atomic mass is 16.5. The molecule has 17 heavy (non-hydrogen) atoms. The van der Waals surface area contributed by atoms with Gasteiger partial charge in [-0.1, -0.05) is 20.8 Å². The molecule has 0 aromatic carbocycles. The fourth-order valence-corrected chi connectivity index (χ4v) is 1.81. The SMILES string of the molecule is COC(=O)c1nc2[nH]ccc2cc1C(C)(C)C. The first-order valence-electron chi connectivity index (χ1n) is 5.50. The number of aromatic nitrogens is 2. The maximum absolute atomic E-state index is 11.7. The van der Waals surface area contributed by atoms with Gasteiger partial charge in [0, 0.05) is 11.6 Å². The molecule has 0 bridgehead atoms. The Bertz CT molecular complexity index is 564. The molecule has 4 heteroatoms. The number of hydrogen-bond donors (Lipinski definition) is 1. The first-order valence-corrected chi connectivity index (χ1v) is 5.50. The number of aromatic amines is 1. The van der Waals surface area contributed by atoms with Gasteiger partial charge in [-0.2, -0.15) is 0 Å². The van der Waals surface area contributed by atoms with Gasteiger partial charge in [0.1, 0.15) is 5.65 Å². The molecule has 2 aromatic heterocycles. The van der Waals surface area contributed by atoms with Gasteiger partial charge in [-0.3, -0.25) is 0 Å². The van der Waals surface area contributed by atoms with E-state index >= 15 is 0 Å². The van der Waals surface area contributed by atoms with Crippen LogP contribution in [0.5, 0.6) is 0 Å². The molecule has 0 unspecified atom stereocenters.